The van der Waals surface area contributed by atoms with Crippen molar-refractivity contribution in [3.8, 4) is 5.75 Å². The summed E-state index contributed by atoms with van der Waals surface area (Å²) in [5.74, 6) is 0.0887. The van der Waals surface area contributed by atoms with Crippen LogP contribution in [-0.2, 0) is 0 Å². The van der Waals surface area contributed by atoms with Gasteiger partial charge in [0, 0.05) is 12.6 Å². The van der Waals surface area contributed by atoms with Gasteiger partial charge in [-0.3, -0.25) is 4.90 Å². The molecule has 0 saturated carbocycles. The van der Waals surface area contributed by atoms with Crippen LogP contribution >= 0.6 is 0 Å². The second-order valence-corrected chi connectivity index (χ2v) is 4.87. The number of piperidine rings is 1. The minimum atomic E-state index is -0.275. The fourth-order valence-electron chi connectivity index (χ4n) is 2.65. The summed E-state index contributed by atoms with van der Waals surface area (Å²) in [4.78, 5) is 2.48. The first-order valence-electron chi connectivity index (χ1n) is 6.92. The zero-order chi connectivity index (χ0) is 12.8. The fourth-order valence-corrected chi connectivity index (χ4v) is 2.65. The lowest BCUT2D eigenvalue weighted by atomic mass is 10.0. The SMILES string of the molecule is CCC1CCCCN1CCOc1ccccc1F. The molecule has 1 aliphatic heterocycles. The van der Waals surface area contributed by atoms with Gasteiger partial charge in [-0.15, -0.1) is 0 Å². The number of rotatable bonds is 5. The summed E-state index contributed by atoms with van der Waals surface area (Å²) in [5, 5.41) is 0. The summed E-state index contributed by atoms with van der Waals surface area (Å²) in [6, 6.07) is 7.28. The first kappa shape index (κ1) is 13.3. The minimum absolute atomic E-state index is 0.275. The van der Waals surface area contributed by atoms with Crippen LogP contribution in [0.15, 0.2) is 24.3 Å². The lowest BCUT2D eigenvalue weighted by molar-refractivity contribution is 0.119. The van der Waals surface area contributed by atoms with E-state index in [0.717, 1.165) is 13.1 Å². The maximum atomic E-state index is 13.4. The second-order valence-electron chi connectivity index (χ2n) is 4.87. The molecule has 0 amide bonds. The summed E-state index contributed by atoms with van der Waals surface area (Å²) in [5.41, 5.74) is 0. The Bertz CT molecular complexity index is 369. The highest BCUT2D eigenvalue weighted by molar-refractivity contribution is 5.23. The molecule has 1 atom stereocenters. The van der Waals surface area contributed by atoms with Gasteiger partial charge >= 0.3 is 0 Å². The third-order valence-corrected chi connectivity index (χ3v) is 3.69. The van der Waals surface area contributed by atoms with E-state index in [-0.39, 0.29) is 5.82 Å². The molecule has 2 rings (SSSR count). The van der Waals surface area contributed by atoms with Gasteiger partial charge in [0.05, 0.1) is 0 Å². The topological polar surface area (TPSA) is 12.5 Å². The number of hydrogen-bond donors (Lipinski definition) is 0. The maximum Gasteiger partial charge on any atom is 0.165 e. The third-order valence-electron chi connectivity index (χ3n) is 3.69. The average molecular weight is 251 g/mol. The molecule has 2 nitrogen and oxygen atoms in total. The number of benzene rings is 1. The van der Waals surface area contributed by atoms with Gasteiger partial charge in [-0.1, -0.05) is 25.5 Å². The molecular weight excluding hydrogens is 229 g/mol. The van der Waals surface area contributed by atoms with Crippen molar-refractivity contribution in [2.45, 2.75) is 38.6 Å². The van der Waals surface area contributed by atoms with Crippen LogP contribution in [0.4, 0.5) is 4.39 Å². The van der Waals surface area contributed by atoms with Crippen molar-refractivity contribution in [3.63, 3.8) is 0 Å². The number of nitrogens with zero attached hydrogens (tertiary/aromatic N) is 1. The molecule has 1 fully saturated rings. The van der Waals surface area contributed by atoms with E-state index in [1.165, 1.54) is 31.7 Å². The van der Waals surface area contributed by atoms with Crippen molar-refractivity contribution in [1.82, 2.24) is 4.90 Å². The monoisotopic (exact) mass is 251 g/mol. The van der Waals surface area contributed by atoms with Crippen LogP contribution in [0.2, 0.25) is 0 Å². The van der Waals surface area contributed by atoms with Crippen molar-refractivity contribution in [2.75, 3.05) is 19.7 Å². The highest BCUT2D eigenvalue weighted by atomic mass is 19.1. The molecule has 1 aromatic rings. The predicted octanol–water partition coefficient (Wildman–Crippen LogP) is 3.47. The first-order valence-corrected chi connectivity index (χ1v) is 6.92. The van der Waals surface area contributed by atoms with Crippen LogP contribution in [0, 0.1) is 5.82 Å². The molecule has 0 bridgehead atoms. The molecule has 1 heterocycles. The van der Waals surface area contributed by atoms with Crippen molar-refractivity contribution in [1.29, 1.82) is 0 Å². The summed E-state index contributed by atoms with van der Waals surface area (Å²) >= 11 is 0. The molecule has 1 unspecified atom stereocenters. The van der Waals surface area contributed by atoms with E-state index in [2.05, 4.69) is 11.8 Å². The minimum Gasteiger partial charge on any atom is -0.489 e. The van der Waals surface area contributed by atoms with Gasteiger partial charge in [-0.2, -0.15) is 0 Å². The number of ether oxygens (including phenoxy) is 1. The molecule has 3 heteroatoms. The van der Waals surface area contributed by atoms with Gasteiger partial charge in [0.2, 0.25) is 0 Å². The van der Waals surface area contributed by atoms with Crippen molar-refractivity contribution in [2.24, 2.45) is 0 Å². The van der Waals surface area contributed by atoms with E-state index in [4.69, 9.17) is 4.74 Å². The lowest BCUT2D eigenvalue weighted by Crippen LogP contribution is -2.41. The smallest absolute Gasteiger partial charge is 0.165 e. The lowest BCUT2D eigenvalue weighted by Gasteiger charge is -2.34. The molecule has 1 aromatic carbocycles. The van der Waals surface area contributed by atoms with Crippen LogP contribution in [0.5, 0.6) is 5.75 Å². The molecule has 1 aliphatic rings. The summed E-state index contributed by atoms with van der Waals surface area (Å²) in [6.45, 7) is 4.85. The van der Waals surface area contributed by atoms with E-state index in [1.54, 1.807) is 18.2 Å². The van der Waals surface area contributed by atoms with Crippen LogP contribution in [0.1, 0.15) is 32.6 Å². The van der Waals surface area contributed by atoms with Gasteiger partial charge in [0.25, 0.3) is 0 Å². The standard InChI is InChI=1S/C15H22FNO/c1-2-13-7-5-6-10-17(13)11-12-18-15-9-4-3-8-14(15)16/h3-4,8-9,13H,2,5-7,10-12H2,1H3. The van der Waals surface area contributed by atoms with Crippen LogP contribution in [0.25, 0.3) is 0 Å². The molecular formula is C15H22FNO. The molecule has 0 radical (unpaired) electrons. The molecule has 0 aromatic heterocycles. The average Bonchev–Trinajstić information content (AvgIpc) is 2.41. The third kappa shape index (κ3) is 3.45. The highest BCUT2D eigenvalue weighted by Gasteiger charge is 2.20. The predicted molar refractivity (Wildman–Crippen MR) is 71.4 cm³/mol. The Kier molecular flexibility index (Phi) is 5.00. The molecule has 18 heavy (non-hydrogen) atoms. The Labute approximate surface area is 109 Å². The van der Waals surface area contributed by atoms with Crippen molar-refractivity contribution < 1.29 is 9.13 Å². The zero-order valence-electron chi connectivity index (χ0n) is 11.1. The second kappa shape index (κ2) is 6.74. The van der Waals surface area contributed by atoms with Crippen molar-refractivity contribution >= 4 is 0 Å². The van der Waals surface area contributed by atoms with E-state index in [1.807, 2.05) is 0 Å². The highest BCUT2D eigenvalue weighted by Crippen LogP contribution is 2.20. The van der Waals surface area contributed by atoms with Gasteiger partial charge in [-0.05, 0) is 37.9 Å². The molecule has 1 saturated heterocycles. The molecule has 0 spiro atoms. The number of para-hydroxylation sites is 1. The Balaban J connectivity index is 1.79. The summed E-state index contributed by atoms with van der Waals surface area (Å²) < 4.78 is 18.9. The Morgan fingerprint density at radius 1 is 1.33 bits per heavy atom. The van der Waals surface area contributed by atoms with Gasteiger partial charge in [-0.25, -0.2) is 4.39 Å². The van der Waals surface area contributed by atoms with Crippen LogP contribution in [0.3, 0.4) is 0 Å². The fraction of sp³-hybridized carbons (Fsp3) is 0.600. The number of hydrogen-bond acceptors (Lipinski definition) is 2. The number of likely N-dealkylation sites (tertiary alicyclic amines) is 1. The summed E-state index contributed by atoms with van der Waals surface area (Å²) in [7, 11) is 0. The van der Waals surface area contributed by atoms with E-state index in [9.17, 15) is 4.39 Å². The zero-order valence-corrected chi connectivity index (χ0v) is 11.1. The van der Waals surface area contributed by atoms with Gasteiger partial charge in [0.15, 0.2) is 11.6 Å². The number of halogens is 1. The van der Waals surface area contributed by atoms with Crippen LogP contribution in [-0.4, -0.2) is 30.6 Å². The maximum absolute atomic E-state index is 13.4. The van der Waals surface area contributed by atoms with E-state index >= 15 is 0 Å². The van der Waals surface area contributed by atoms with E-state index < -0.39 is 0 Å². The Hall–Kier alpha value is -1.09. The quantitative estimate of drug-likeness (QED) is 0.794. The normalized spacial score (nSPS) is 20.9. The molecule has 0 aliphatic carbocycles. The first-order chi connectivity index (χ1) is 8.81. The van der Waals surface area contributed by atoms with Crippen molar-refractivity contribution in [3.05, 3.63) is 30.1 Å². The largest absolute Gasteiger partial charge is 0.489 e. The van der Waals surface area contributed by atoms with Gasteiger partial charge < -0.3 is 4.74 Å². The Morgan fingerprint density at radius 3 is 2.94 bits per heavy atom. The molecule has 0 N–H and O–H groups in total. The Morgan fingerprint density at radius 2 is 2.17 bits per heavy atom. The van der Waals surface area contributed by atoms with E-state index in [0.29, 0.717) is 18.4 Å². The summed E-state index contributed by atoms with van der Waals surface area (Å²) in [6.07, 6.45) is 5.09. The van der Waals surface area contributed by atoms with Gasteiger partial charge in [0.1, 0.15) is 6.61 Å². The molecule has 100 valence electrons. The van der Waals surface area contributed by atoms with Crippen LogP contribution < -0.4 is 4.74 Å².